The molecular formula is C21H30O3. The van der Waals surface area contributed by atoms with E-state index in [2.05, 4.69) is 13.8 Å². The molecule has 0 aliphatic heterocycles. The molecule has 4 aliphatic rings. The number of ketones is 2. The van der Waals surface area contributed by atoms with Crippen molar-refractivity contribution in [2.24, 2.45) is 34.5 Å². The van der Waals surface area contributed by atoms with Gasteiger partial charge in [-0.15, -0.1) is 0 Å². The Morgan fingerprint density at radius 2 is 1.96 bits per heavy atom. The molecule has 0 amide bonds. The van der Waals surface area contributed by atoms with Gasteiger partial charge < -0.3 is 5.11 Å². The third kappa shape index (κ3) is 2.06. The number of carbonyl (C=O) groups is 2. The van der Waals surface area contributed by atoms with Crippen molar-refractivity contribution in [2.45, 2.75) is 71.8 Å². The van der Waals surface area contributed by atoms with E-state index < -0.39 is 0 Å². The molecule has 0 spiro atoms. The molecule has 0 heterocycles. The van der Waals surface area contributed by atoms with Gasteiger partial charge in [-0.3, -0.25) is 9.59 Å². The zero-order valence-corrected chi connectivity index (χ0v) is 15.2. The Morgan fingerprint density at radius 1 is 1.21 bits per heavy atom. The standard InChI is InChI=1S/C21H30O3/c1-12(22)16-6-7-17-15-5-4-13-10-14(23)8-9-20(13,2)19(15)18(24)11-21(16,17)3/h10,15-19,24H,4-9,11H2,1-3H3/t15-,16-,17+,18+,19+,20-,21-/m1/s1. The van der Waals surface area contributed by atoms with Gasteiger partial charge in [0.05, 0.1) is 6.10 Å². The molecule has 0 radical (unpaired) electrons. The largest absolute Gasteiger partial charge is 0.393 e. The van der Waals surface area contributed by atoms with Gasteiger partial charge >= 0.3 is 0 Å². The summed E-state index contributed by atoms with van der Waals surface area (Å²) in [5, 5.41) is 11.2. The van der Waals surface area contributed by atoms with Gasteiger partial charge in [0, 0.05) is 12.3 Å². The minimum Gasteiger partial charge on any atom is -0.393 e. The summed E-state index contributed by atoms with van der Waals surface area (Å²) in [4.78, 5) is 24.0. The zero-order valence-electron chi connectivity index (χ0n) is 15.2. The molecule has 0 bridgehead atoms. The number of hydrogen-bond acceptors (Lipinski definition) is 3. The molecule has 4 rings (SSSR count). The number of aliphatic hydroxyl groups is 1. The summed E-state index contributed by atoms with van der Waals surface area (Å²) in [5.74, 6) is 1.99. The molecule has 0 aromatic heterocycles. The van der Waals surface area contributed by atoms with E-state index in [9.17, 15) is 14.7 Å². The molecule has 0 aromatic rings. The van der Waals surface area contributed by atoms with Crippen molar-refractivity contribution in [1.82, 2.24) is 0 Å². The van der Waals surface area contributed by atoms with Crippen LogP contribution in [0.1, 0.15) is 65.7 Å². The number of Topliss-reactive ketones (excluding diaryl/α,β-unsaturated/α-hetero) is 1. The Labute approximate surface area is 144 Å². The van der Waals surface area contributed by atoms with Crippen LogP contribution in [0.4, 0.5) is 0 Å². The molecule has 4 aliphatic carbocycles. The lowest BCUT2D eigenvalue weighted by atomic mass is 9.46. The van der Waals surface area contributed by atoms with Crippen molar-refractivity contribution < 1.29 is 14.7 Å². The highest BCUT2D eigenvalue weighted by atomic mass is 16.3. The van der Waals surface area contributed by atoms with E-state index in [1.807, 2.05) is 6.08 Å². The first-order valence-electron chi connectivity index (χ1n) is 9.70. The van der Waals surface area contributed by atoms with Crippen molar-refractivity contribution in [2.75, 3.05) is 0 Å². The van der Waals surface area contributed by atoms with Crippen LogP contribution in [-0.2, 0) is 9.59 Å². The summed E-state index contributed by atoms with van der Waals surface area (Å²) in [6, 6.07) is 0. The Balaban J connectivity index is 1.72. The van der Waals surface area contributed by atoms with Crippen molar-refractivity contribution in [1.29, 1.82) is 0 Å². The molecule has 0 saturated heterocycles. The second-order valence-electron chi connectivity index (χ2n) is 9.41. The molecule has 7 atom stereocenters. The highest BCUT2D eigenvalue weighted by Crippen LogP contribution is 2.66. The van der Waals surface area contributed by atoms with E-state index in [4.69, 9.17) is 0 Å². The second-order valence-corrected chi connectivity index (χ2v) is 9.41. The van der Waals surface area contributed by atoms with E-state index in [1.165, 1.54) is 5.57 Å². The van der Waals surface area contributed by atoms with Crippen molar-refractivity contribution in [3.8, 4) is 0 Å². The number of aliphatic hydroxyl groups excluding tert-OH is 1. The Kier molecular flexibility index (Phi) is 3.62. The predicted octanol–water partition coefficient (Wildman–Crippen LogP) is 3.69. The topological polar surface area (TPSA) is 54.4 Å². The maximum atomic E-state index is 12.2. The first-order valence-corrected chi connectivity index (χ1v) is 9.70. The first kappa shape index (κ1) is 16.5. The van der Waals surface area contributed by atoms with Gasteiger partial charge in [0.15, 0.2) is 5.78 Å². The predicted molar refractivity (Wildman–Crippen MR) is 92.3 cm³/mol. The van der Waals surface area contributed by atoms with E-state index in [1.54, 1.807) is 6.92 Å². The number of rotatable bonds is 1. The van der Waals surface area contributed by atoms with Gasteiger partial charge in [-0.2, -0.15) is 0 Å². The Bertz CT molecular complexity index is 621. The number of fused-ring (bicyclic) bond motifs is 5. The van der Waals surface area contributed by atoms with Gasteiger partial charge in [-0.1, -0.05) is 19.4 Å². The number of allylic oxidation sites excluding steroid dienone is 1. The molecule has 132 valence electrons. The van der Waals surface area contributed by atoms with Gasteiger partial charge in [-0.05, 0) is 80.1 Å². The third-order valence-corrected chi connectivity index (χ3v) is 8.38. The molecular weight excluding hydrogens is 300 g/mol. The normalized spacial score (nSPS) is 50.6. The zero-order chi connectivity index (χ0) is 17.3. The Hall–Kier alpha value is -0.960. The summed E-state index contributed by atoms with van der Waals surface area (Å²) in [5.41, 5.74) is 1.23. The average Bonchev–Trinajstić information content (AvgIpc) is 2.84. The molecule has 0 unspecified atom stereocenters. The van der Waals surface area contributed by atoms with Gasteiger partial charge in [0.1, 0.15) is 5.78 Å². The minimum atomic E-state index is -0.349. The van der Waals surface area contributed by atoms with Crippen molar-refractivity contribution >= 4 is 11.6 Å². The molecule has 3 heteroatoms. The van der Waals surface area contributed by atoms with E-state index >= 15 is 0 Å². The summed E-state index contributed by atoms with van der Waals surface area (Å²) in [6.07, 6.45) is 7.97. The van der Waals surface area contributed by atoms with Crippen LogP contribution >= 0.6 is 0 Å². The molecule has 3 fully saturated rings. The minimum absolute atomic E-state index is 0.0219. The van der Waals surface area contributed by atoms with Gasteiger partial charge in [0.2, 0.25) is 0 Å². The lowest BCUT2D eigenvalue weighted by Crippen LogP contribution is -2.56. The monoisotopic (exact) mass is 330 g/mol. The van der Waals surface area contributed by atoms with Crippen LogP contribution in [0.25, 0.3) is 0 Å². The van der Waals surface area contributed by atoms with Gasteiger partial charge in [-0.25, -0.2) is 0 Å². The van der Waals surface area contributed by atoms with Gasteiger partial charge in [0.25, 0.3) is 0 Å². The summed E-state index contributed by atoms with van der Waals surface area (Å²) < 4.78 is 0. The smallest absolute Gasteiger partial charge is 0.155 e. The maximum absolute atomic E-state index is 12.2. The highest BCUT2D eigenvalue weighted by molar-refractivity contribution is 5.91. The maximum Gasteiger partial charge on any atom is 0.155 e. The number of hydrogen-bond donors (Lipinski definition) is 1. The highest BCUT2D eigenvalue weighted by Gasteiger charge is 2.62. The lowest BCUT2D eigenvalue weighted by Gasteiger charge is -2.59. The fourth-order valence-corrected chi connectivity index (χ4v) is 7.35. The fourth-order valence-electron chi connectivity index (χ4n) is 7.35. The van der Waals surface area contributed by atoms with Crippen LogP contribution in [0.15, 0.2) is 11.6 Å². The third-order valence-electron chi connectivity index (χ3n) is 8.38. The second kappa shape index (κ2) is 5.27. The molecule has 3 nitrogen and oxygen atoms in total. The summed E-state index contributed by atoms with van der Waals surface area (Å²) in [7, 11) is 0. The average molecular weight is 330 g/mol. The fraction of sp³-hybridized carbons (Fsp3) is 0.810. The molecule has 24 heavy (non-hydrogen) atoms. The van der Waals surface area contributed by atoms with E-state index in [-0.39, 0.29) is 34.6 Å². The van der Waals surface area contributed by atoms with E-state index in [0.29, 0.717) is 24.0 Å². The molecule has 1 N–H and O–H groups in total. The first-order chi connectivity index (χ1) is 11.3. The van der Waals surface area contributed by atoms with Crippen LogP contribution in [0.5, 0.6) is 0 Å². The number of carbonyl (C=O) groups excluding carboxylic acids is 2. The summed E-state index contributed by atoms with van der Waals surface area (Å²) >= 11 is 0. The molecule has 3 saturated carbocycles. The Morgan fingerprint density at radius 3 is 2.67 bits per heavy atom. The molecule has 0 aromatic carbocycles. The quantitative estimate of drug-likeness (QED) is 0.797. The van der Waals surface area contributed by atoms with Crippen LogP contribution < -0.4 is 0 Å². The van der Waals surface area contributed by atoms with Crippen molar-refractivity contribution in [3.05, 3.63) is 11.6 Å². The van der Waals surface area contributed by atoms with Crippen LogP contribution in [0.3, 0.4) is 0 Å². The SMILES string of the molecule is CC(=O)[C@H]1CC[C@H]2[C@H]3CCC4=CC(=O)CC[C@@]4(C)[C@@H]3[C@@H](O)C[C@]12C. The lowest BCUT2D eigenvalue weighted by molar-refractivity contribution is -0.143. The van der Waals surface area contributed by atoms with E-state index in [0.717, 1.165) is 38.5 Å². The van der Waals surface area contributed by atoms with Crippen LogP contribution in [0, 0.1) is 34.5 Å². The van der Waals surface area contributed by atoms with Crippen LogP contribution in [-0.4, -0.2) is 22.8 Å². The van der Waals surface area contributed by atoms with Crippen LogP contribution in [0.2, 0.25) is 0 Å². The summed E-state index contributed by atoms with van der Waals surface area (Å²) in [6.45, 7) is 6.27. The van der Waals surface area contributed by atoms with Crippen molar-refractivity contribution in [3.63, 3.8) is 0 Å².